The predicted octanol–water partition coefficient (Wildman–Crippen LogP) is -0.575. The standard InChI is InChI=1S/C6H8N2O3/c1-11-6(10)3-4-2-5(9)8-7-4/h2-3H2,1H3,(H,8,9). The van der Waals surface area contributed by atoms with Crippen LogP contribution in [0.15, 0.2) is 5.10 Å². The molecule has 5 heteroatoms. The second kappa shape index (κ2) is 3.14. The van der Waals surface area contributed by atoms with Gasteiger partial charge in [0, 0.05) is 0 Å². The first-order valence-electron chi connectivity index (χ1n) is 3.13. The first-order chi connectivity index (χ1) is 5.22. The Balaban J connectivity index is 2.39. The van der Waals surface area contributed by atoms with Gasteiger partial charge in [-0.25, -0.2) is 5.43 Å². The lowest BCUT2D eigenvalue weighted by Crippen LogP contribution is -2.10. The second-order valence-corrected chi connectivity index (χ2v) is 2.14. The molecule has 0 fully saturated rings. The maximum atomic E-state index is 10.6. The summed E-state index contributed by atoms with van der Waals surface area (Å²) in [6, 6.07) is 0. The van der Waals surface area contributed by atoms with Gasteiger partial charge in [0.25, 0.3) is 0 Å². The first-order valence-corrected chi connectivity index (χ1v) is 3.13. The summed E-state index contributed by atoms with van der Waals surface area (Å²) in [5.41, 5.74) is 2.77. The summed E-state index contributed by atoms with van der Waals surface area (Å²) in [6.07, 6.45) is 0.296. The average Bonchev–Trinajstić information content (AvgIpc) is 2.35. The zero-order valence-electron chi connectivity index (χ0n) is 6.09. The molecule has 0 aliphatic carbocycles. The van der Waals surface area contributed by atoms with Crippen LogP contribution in [-0.4, -0.2) is 24.7 Å². The third kappa shape index (κ3) is 2.03. The molecule has 1 amide bonds. The van der Waals surface area contributed by atoms with Crippen LogP contribution in [0.3, 0.4) is 0 Å². The zero-order chi connectivity index (χ0) is 8.27. The van der Waals surface area contributed by atoms with E-state index in [1.807, 2.05) is 0 Å². The summed E-state index contributed by atoms with van der Waals surface area (Å²) in [7, 11) is 1.30. The number of hydrogen-bond acceptors (Lipinski definition) is 4. The molecular formula is C6H8N2O3. The lowest BCUT2D eigenvalue weighted by atomic mass is 10.2. The molecule has 11 heavy (non-hydrogen) atoms. The fourth-order valence-electron chi connectivity index (χ4n) is 0.747. The van der Waals surface area contributed by atoms with Gasteiger partial charge in [-0.3, -0.25) is 9.59 Å². The van der Waals surface area contributed by atoms with E-state index < -0.39 is 0 Å². The van der Waals surface area contributed by atoms with Gasteiger partial charge < -0.3 is 4.74 Å². The fraction of sp³-hybridized carbons (Fsp3) is 0.500. The van der Waals surface area contributed by atoms with Crippen LogP contribution in [0.1, 0.15) is 12.8 Å². The van der Waals surface area contributed by atoms with Crippen LogP contribution < -0.4 is 5.43 Å². The number of nitrogens with one attached hydrogen (secondary N) is 1. The molecule has 1 rings (SSSR count). The van der Waals surface area contributed by atoms with Crippen molar-refractivity contribution >= 4 is 17.6 Å². The number of carbonyl (C=O) groups is 2. The molecule has 0 aromatic heterocycles. The Labute approximate surface area is 63.4 Å². The molecule has 0 bridgehead atoms. The van der Waals surface area contributed by atoms with Gasteiger partial charge in [-0.2, -0.15) is 5.10 Å². The fourth-order valence-corrected chi connectivity index (χ4v) is 0.747. The SMILES string of the molecule is COC(=O)CC1=NNC(=O)C1. The van der Waals surface area contributed by atoms with Gasteiger partial charge in [0.05, 0.1) is 25.7 Å². The first kappa shape index (κ1) is 7.71. The van der Waals surface area contributed by atoms with E-state index in [0.717, 1.165) is 0 Å². The third-order valence-corrected chi connectivity index (χ3v) is 1.28. The average molecular weight is 156 g/mol. The monoisotopic (exact) mass is 156 g/mol. The highest BCUT2D eigenvalue weighted by atomic mass is 16.5. The van der Waals surface area contributed by atoms with Crippen molar-refractivity contribution in [1.29, 1.82) is 0 Å². The molecule has 0 unspecified atom stereocenters. The van der Waals surface area contributed by atoms with E-state index in [2.05, 4.69) is 15.3 Å². The third-order valence-electron chi connectivity index (χ3n) is 1.28. The minimum absolute atomic E-state index is 0.0925. The number of rotatable bonds is 2. The molecule has 1 aliphatic rings. The van der Waals surface area contributed by atoms with Gasteiger partial charge >= 0.3 is 5.97 Å². The minimum Gasteiger partial charge on any atom is -0.469 e. The molecule has 0 radical (unpaired) electrons. The van der Waals surface area contributed by atoms with Crippen LogP contribution >= 0.6 is 0 Å². The van der Waals surface area contributed by atoms with Gasteiger partial charge in [-0.15, -0.1) is 0 Å². The van der Waals surface area contributed by atoms with Gasteiger partial charge in [0.1, 0.15) is 0 Å². The van der Waals surface area contributed by atoms with Crippen molar-refractivity contribution in [3.63, 3.8) is 0 Å². The second-order valence-electron chi connectivity index (χ2n) is 2.14. The Morgan fingerprint density at radius 3 is 3.00 bits per heavy atom. The summed E-state index contributed by atoms with van der Waals surface area (Å²) < 4.78 is 4.39. The highest BCUT2D eigenvalue weighted by Gasteiger charge is 2.17. The van der Waals surface area contributed by atoms with Crippen molar-refractivity contribution in [2.24, 2.45) is 5.10 Å². The summed E-state index contributed by atoms with van der Waals surface area (Å²) >= 11 is 0. The van der Waals surface area contributed by atoms with Crippen LogP contribution in [0, 0.1) is 0 Å². The minimum atomic E-state index is -0.375. The lowest BCUT2D eigenvalue weighted by Gasteiger charge is -1.94. The Morgan fingerprint density at radius 1 is 1.82 bits per heavy atom. The van der Waals surface area contributed by atoms with Crippen molar-refractivity contribution in [3.8, 4) is 0 Å². The highest BCUT2D eigenvalue weighted by Crippen LogP contribution is 2.00. The summed E-state index contributed by atoms with van der Waals surface area (Å²) in [6.45, 7) is 0. The van der Waals surface area contributed by atoms with Gasteiger partial charge in [0.2, 0.25) is 5.91 Å². The van der Waals surface area contributed by atoms with E-state index >= 15 is 0 Å². The van der Waals surface area contributed by atoms with Crippen LogP contribution in [0.4, 0.5) is 0 Å². The van der Waals surface area contributed by atoms with E-state index in [9.17, 15) is 9.59 Å². The van der Waals surface area contributed by atoms with Crippen molar-refractivity contribution < 1.29 is 14.3 Å². The van der Waals surface area contributed by atoms with Crippen molar-refractivity contribution in [2.75, 3.05) is 7.11 Å². The van der Waals surface area contributed by atoms with Crippen molar-refractivity contribution in [3.05, 3.63) is 0 Å². The largest absolute Gasteiger partial charge is 0.469 e. The normalized spacial score (nSPS) is 15.7. The van der Waals surface area contributed by atoms with Crippen molar-refractivity contribution in [1.82, 2.24) is 5.43 Å². The maximum absolute atomic E-state index is 10.6. The van der Waals surface area contributed by atoms with Gasteiger partial charge in [-0.05, 0) is 0 Å². The Morgan fingerprint density at radius 2 is 2.55 bits per heavy atom. The predicted molar refractivity (Wildman–Crippen MR) is 36.8 cm³/mol. The summed E-state index contributed by atoms with van der Waals surface area (Å²) in [5, 5.41) is 3.62. The number of carbonyl (C=O) groups excluding carboxylic acids is 2. The molecule has 0 saturated carbocycles. The Kier molecular flexibility index (Phi) is 2.20. The maximum Gasteiger partial charge on any atom is 0.311 e. The number of amides is 1. The van der Waals surface area contributed by atoms with E-state index in [1.165, 1.54) is 7.11 Å². The number of esters is 1. The van der Waals surface area contributed by atoms with Crippen LogP contribution in [0.2, 0.25) is 0 Å². The van der Waals surface area contributed by atoms with E-state index in [0.29, 0.717) is 5.71 Å². The Hall–Kier alpha value is -1.39. The molecule has 0 saturated heterocycles. The van der Waals surface area contributed by atoms with Gasteiger partial charge in [0.15, 0.2) is 0 Å². The molecule has 1 heterocycles. The lowest BCUT2D eigenvalue weighted by molar-refractivity contribution is -0.139. The number of hydrogen-bond donors (Lipinski definition) is 1. The molecule has 0 spiro atoms. The molecule has 1 aliphatic heterocycles. The highest BCUT2D eigenvalue weighted by molar-refractivity contribution is 6.10. The molecular weight excluding hydrogens is 148 g/mol. The van der Waals surface area contributed by atoms with Crippen LogP contribution in [0.5, 0.6) is 0 Å². The smallest absolute Gasteiger partial charge is 0.311 e. The number of nitrogens with zero attached hydrogens (tertiary/aromatic N) is 1. The molecule has 0 aromatic rings. The molecule has 5 nitrogen and oxygen atoms in total. The van der Waals surface area contributed by atoms with Gasteiger partial charge in [-0.1, -0.05) is 0 Å². The molecule has 0 atom stereocenters. The van der Waals surface area contributed by atoms with E-state index in [4.69, 9.17) is 0 Å². The van der Waals surface area contributed by atoms with E-state index in [-0.39, 0.29) is 24.7 Å². The van der Waals surface area contributed by atoms with Crippen LogP contribution in [0.25, 0.3) is 0 Å². The van der Waals surface area contributed by atoms with E-state index in [1.54, 1.807) is 0 Å². The number of ether oxygens (including phenoxy) is 1. The number of methoxy groups -OCH3 is 1. The summed E-state index contributed by atoms with van der Waals surface area (Å²) in [4.78, 5) is 21.2. The topological polar surface area (TPSA) is 67.8 Å². The Bertz CT molecular complexity index is 222. The zero-order valence-corrected chi connectivity index (χ0v) is 6.09. The molecule has 0 aromatic carbocycles. The summed E-state index contributed by atoms with van der Waals surface area (Å²) in [5.74, 6) is -0.552. The molecule has 1 N–H and O–H groups in total. The van der Waals surface area contributed by atoms with Crippen LogP contribution in [-0.2, 0) is 14.3 Å². The molecule has 60 valence electrons. The van der Waals surface area contributed by atoms with Crippen molar-refractivity contribution in [2.45, 2.75) is 12.8 Å². The number of hydrazone groups is 1. The quantitative estimate of drug-likeness (QED) is 0.544.